The van der Waals surface area contributed by atoms with Gasteiger partial charge >= 0.3 is 0 Å². The summed E-state index contributed by atoms with van der Waals surface area (Å²) in [6.45, 7) is 13.1. The van der Waals surface area contributed by atoms with Crippen LogP contribution in [0.1, 0.15) is 58.3 Å². The summed E-state index contributed by atoms with van der Waals surface area (Å²) in [5, 5.41) is 0. The fraction of sp³-hybridized carbons (Fsp3) is 0.600. The molecule has 0 aromatic heterocycles. The molecule has 1 heteroatoms. The third-order valence-electron chi connectivity index (χ3n) is 3.45. The van der Waals surface area contributed by atoms with Crippen molar-refractivity contribution in [2.75, 3.05) is 19.6 Å². The first-order valence-corrected chi connectivity index (χ1v) is 8.59. The Hall–Kier alpha value is -1.08. The van der Waals surface area contributed by atoms with Crippen LogP contribution in [0.3, 0.4) is 0 Å². The van der Waals surface area contributed by atoms with Gasteiger partial charge in [-0.05, 0) is 51.5 Å². The van der Waals surface area contributed by atoms with Crippen LogP contribution in [0.2, 0.25) is 0 Å². The molecular weight excluding hydrogens is 254 g/mol. The van der Waals surface area contributed by atoms with Gasteiger partial charge in [0.2, 0.25) is 0 Å². The van der Waals surface area contributed by atoms with Crippen LogP contribution in [0.5, 0.6) is 0 Å². The summed E-state index contributed by atoms with van der Waals surface area (Å²) in [6, 6.07) is 0. The Kier molecular flexibility index (Phi) is 16.1. The Morgan fingerprint density at radius 1 is 0.714 bits per heavy atom. The predicted molar refractivity (Wildman–Crippen MR) is 97.7 cm³/mol. The largest absolute Gasteiger partial charge is 0.296 e. The molecule has 0 rings (SSSR count). The SMILES string of the molecule is C=CCCC/C=C/CN(C/C=C/CCCC=C)CCCC. The molecule has 0 bridgehead atoms. The lowest BCUT2D eigenvalue weighted by Gasteiger charge is -2.18. The van der Waals surface area contributed by atoms with Crippen LogP contribution in [0, 0.1) is 0 Å². The number of allylic oxidation sites excluding steroid dienone is 4. The molecule has 0 spiro atoms. The quantitative estimate of drug-likeness (QED) is 0.267. The maximum Gasteiger partial charge on any atom is 0.0166 e. The number of nitrogens with zero attached hydrogens (tertiary/aromatic N) is 1. The number of rotatable bonds is 15. The molecule has 0 aromatic rings. The van der Waals surface area contributed by atoms with E-state index in [9.17, 15) is 0 Å². The summed E-state index contributed by atoms with van der Waals surface area (Å²) in [6.07, 6.45) is 22.9. The Labute approximate surface area is 133 Å². The van der Waals surface area contributed by atoms with Crippen molar-refractivity contribution in [3.05, 3.63) is 49.6 Å². The van der Waals surface area contributed by atoms with Crippen molar-refractivity contribution in [3.8, 4) is 0 Å². The van der Waals surface area contributed by atoms with Crippen LogP contribution in [0.25, 0.3) is 0 Å². The molecule has 0 saturated carbocycles. The van der Waals surface area contributed by atoms with Crippen LogP contribution in [-0.4, -0.2) is 24.5 Å². The predicted octanol–water partition coefficient (Wildman–Crippen LogP) is 5.91. The Morgan fingerprint density at radius 3 is 1.67 bits per heavy atom. The van der Waals surface area contributed by atoms with Gasteiger partial charge in [0, 0.05) is 13.1 Å². The van der Waals surface area contributed by atoms with Gasteiger partial charge < -0.3 is 0 Å². The summed E-state index contributed by atoms with van der Waals surface area (Å²) in [5.74, 6) is 0. The van der Waals surface area contributed by atoms with Crippen molar-refractivity contribution in [3.63, 3.8) is 0 Å². The van der Waals surface area contributed by atoms with E-state index in [1.807, 2.05) is 12.2 Å². The Balaban J connectivity index is 3.89. The van der Waals surface area contributed by atoms with Gasteiger partial charge in [0.15, 0.2) is 0 Å². The van der Waals surface area contributed by atoms with E-state index >= 15 is 0 Å². The summed E-state index contributed by atoms with van der Waals surface area (Å²) in [4.78, 5) is 2.53. The summed E-state index contributed by atoms with van der Waals surface area (Å²) in [7, 11) is 0. The van der Waals surface area contributed by atoms with Gasteiger partial charge in [-0.15, -0.1) is 13.2 Å². The molecule has 0 aliphatic heterocycles. The van der Waals surface area contributed by atoms with Crippen molar-refractivity contribution < 1.29 is 0 Å². The summed E-state index contributed by atoms with van der Waals surface area (Å²) >= 11 is 0. The second kappa shape index (κ2) is 17.0. The molecule has 0 fully saturated rings. The van der Waals surface area contributed by atoms with E-state index in [4.69, 9.17) is 0 Å². The zero-order valence-electron chi connectivity index (χ0n) is 14.1. The first kappa shape index (κ1) is 19.9. The van der Waals surface area contributed by atoms with Crippen LogP contribution >= 0.6 is 0 Å². The fourth-order valence-electron chi connectivity index (χ4n) is 2.08. The number of unbranched alkanes of at least 4 members (excludes halogenated alkanes) is 5. The van der Waals surface area contributed by atoms with Gasteiger partial charge in [-0.1, -0.05) is 49.8 Å². The molecule has 1 nitrogen and oxygen atoms in total. The van der Waals surface area contributed by atoms with Crippen molar-refractivity contribution >= 4 is 0 Å². The minimum absolute atomic E-state index is 1.07. The van der Waals surface area contributed by atoms with E-state index in [0.29, 0.717) is 0 Å². The minimum Gasteiger partial charge on any atom is -0.296 e. The van der Waals surface area contributed by atoms with Crippen molar-refractivity contribution in [2.45, 2.75) is 58.3 Å². The molecule has 0 atom stereocenters. The second-order valence-electron chi connectivity index (χ2n) is 5.50. The number of hydrogen-bond acceptors (Lipinski definition) is 1. The lowest BCUT2D eigenvalue weighted by atomic mass is 10.2. The molecule has 0 heterocycles. The van der Waals surface area contributed by atoms with Crippen LogP contribution in [-0.2, 0) is 0 Å². The lowest BCUT2D eigenvalue weighted by molar-refractivity contribution is 0.328. The Bertz CT molecular complexity index is 262. The van der Waals surface area contributed by atoms with Crippen molar-refractivity contribution in [1.82, 2.24) is 4.90 Å². The smallest absolute Gasteiger partial charge is 0.0166 e. The molecule has 0 N–H and O–H groups in total. The third kappa shape index (κ3) is 15.1. The van der Waals surface area contributed by atoms with Gasteiger partial charge in [-0.2, -0.15) is 0 Å². The topological polar surface area (TPSA) is 3.24 Å². The van der Waals surface area contributed by atoms with Crippen molar-refractivity contribution in [2.24, 2.45) is 0 Å². The molecule has 0 aromatic carbocycles. The average molecular weight is 290 g/mol. The Morgan fingerprint density at radius 2 is 1.24 bits per heavy atom. The third-order valence-corrected chi connectivity index (χ3v) is 3.45. The molecule has 0 radical (unpaired) electrons. The van der Waals surface area contributed by atoms with E-state index in [1.165, 1.54) is 45.1 Å². The van der Waals surface area contributed by atoms with Gasteiger partial charge in [0.1, 0.15) is 0 Å². The average Bonchev–Trinajstić information content (AvgIpc) is 2.50. The summed E-state index contributed by atoms with van der Waals surface area (Å²) in [5.41, 5.74) is 0. The molecule has 0 aliphatic rings. The molecule has 0 unspecified atom stereocenters. The van der Waals surface area contributed by atoms with E-state index in [2.05, 4.69) is 49.3 Å². The monoisotopic (exact) mass is 289 g/mol. The molecule has 0 saturated heterocycles. The van der Waals surface area contributed by atoms with Crippen LogP contribution in [0.4, 0.5) is 0 Å². The second-order valence-corrected chi connectivity index (χ2v) is 5.50. The van der Waals surface area contributed by atoms with E-state index in [0.717, 1.165) is 25.9 Å². The minimum atomic E-state index is 1.07. The molecule has 21 heavy (non-hydrogen) atoms. The van der Waals surface area contributed by atoms with Gasteiger partial charge in [0.25, 0.3) is 0 Å². The fourth-order valence-corrected chi connectivity index (χ4v) is 2.08. The highest BCUT2D eigenvalue weighted by atomic mass is 15.1. The maximum atomic E-state index is 3.76. The molecule has 120 valence electrons. The standard InChI is InChI=1S/C20H35N/c1-4-7-10-12-14-16-19-21(18-9-6-3)20-17-15-13-11-8-5-2/h4-5,14-17H,1-2,6-13,18-20H2,3H3/b16-14+,17-15+. The molecule has 0 aliphatic carbocycles. The van der Waals surface area contributed by atoms with Crippen molar-refractivity contribution in [1.29, 1.82) is 0 Å². The highest BCUT2D eigenvalue weighted by molar-refractivity contribution is 4.90. The zero-order valence-corrected chi connectivity index (χ0v) is 14.1. The maximum absolute atomic E-state index is 3.76. The van der Waals surface area contributed by atoms with E-state index in [-0.39, 0.29) is 0 Å². The lowest BCUT2D eigenvalue weighted by Crippen LogP contribution is -2.25. The number of hydrogen-bond donors (Lipinski definition) is 0. The molecule has 0 amide bonds. The van der Waals surface area contributed by atoms with Gasteiger partial charge in [-0.25, -0.2) is 0 Å². The van der Waals surface area contributed by atoms with E-state index in [1.54, 1.807) is 0 Å². The molecular formula is C20H35N. The summed E-state index contributed by atoms with van der Waals surface area (Å²) < 4.78 is 0. The van der Waals surface area contributed by atoms with E-state index < -0.39 is 0 Å². The highest BCUT2D eigenvalue weighted by Crippen LogP contribution is 2.01. The van der Waals surface area contributed by atoms with Crippen LogP contribution < -0.4 is 0 Å². The normalized spacial score (nSPS) is 11.7. The highest BCUT2D eigenvalue weighted by Gasteiger charge is 1.99. The van der Waals surface area contributed by atoms with Gasteiger partial charge in [0.05, 0.1) is 0 Å². The first-order valence-electron chi connectivity index (χ1n) is 8.59. The van der Waals surface area contributed by atoms with Crippen LogP contribution in [0.15, 0.2) is 49.6 Å². The zero-order chi connectivity index (χ0) is 15.6. The van der Waals surface area contributed by atoms with Gasteiger partial charge in [-0.3, -0.25) is 4.90 Å². The first-order chi connectivity index (χ1) is 10.3.